The number of hydrogen-bond acceptors (Lipinski definition) is 5. The maximum atomic E-state index is 12.2. The van der Waals surface area contributed by atoms with E-state index in [0.717, 1.165) is 19.1 Å². The zero-order valence-electron chi connectivity index (χ0n) is 12.1. The Morgan fingerprint density at radius 2 is 2.00 bits per heavy atom. The normalized spacial score (nSPS) is 22.9. The number of carboxylic acids is 1. The number of rotatable bonds is 7. The van der Waals surface area contributed by atoms with Crippen molar-refractivity contribution in [3.8, 4) is 0 Å². The Hall–Kier alpha value is -0.710. The molecule has 0 saturated carbocycles. The summed E-state index contributed by atoms with van der Waals surface area (Å²) in [4.78, 5) is 11.1. The predicted octanol–water partition coefficient (Wildman–Crippen LogP) is -0.559. The predicted molar refractivity (Wildman–Crippen MR) is 77.8 cm³/mol. The van der Waals surface area contributed by atoms with Crippen molar-refractivity contribution in [2.45, 2.75) is 32.2 Å². The fourth-order valence-electron chi connectivity index (χ4n) is 2.18. The molecule has 0 amide bonds. The average molecular weight is 342 g/mol. The lowest BCUT2D eigenvalue weighted by Crippen LogP contribution is -2.51. The fraction of sp³-hybridized carbons (Fsp3) is 0.909. The molecule has 8 nitrogen and oxygen atoms in total. The molecular weight excluding hydrogens is 320 g/mol. The molecule has 2 unspecified atom stereocenters. The third-order valence-electron chi connectivity index (χ3n) is 3.33. The van der Waals surface area contributed by atoms with Crippen LogP contribution in [0.4, 0.5) is 0 Å². The van der Waals surface area contributed by atoms with Crippen molar-refractivity contribution in [2.75, 3.05) is 25.1 Å². The van der Waals surface area contributed by atoms with Crippen LogP contribution in [-0.4, -0.2) is 63.4 Å². The molecule has 0 radical (unpaired) electrons. The highest BCUT2D eigenvalue weighted by molar-refractivity contribution is 7.90. The van der Waals surface area contributed by atoms with E-state index >= 15 is 0 Å². The Labute approximate surface area is 125 Å². The first-order chi connectivity index (χ1) is 9.51. The van der Waals surface area contributed by atoms with Crippen LogP contribution in [0.2, 0.25) is 0 Å². The van der Waals surface area contributed by atoms with Crippen LogP contribution in [-0.2, 0) is 24.8 Å². The second-order valence-corrected chi connectivity index (χ2v) is 9.50. The zero-order valence-corrected chi connectivity index (χ0v) is 13.8. The van der Waals surface area contributed by atoms with E-state index in [1.54, 1.807) is 0 Å². The highest BCUT2D eigenvalue weighted by Crippen LogP contribution is 2.18. The highest BCUT2D eigenvalue weighted by atomic mass is 32.2. The molecule has 1 rings (SSSR count). The molecule has 124 valence electrons. The molecule has 1 saturated heterocycles. The minimum atomic E-state index is -3.92. The van der Waals surface area contributed by atoms with Gasteiger partial charge in [-0.05, 0) is 25.2 Å². The average Bonchev–Trinajstić information content (AvgIpc) is 2.33. The fourth-order valence-corrected chi connectivity index (χ4v) is 4.39. The largest absolute Gasteiger partial charge is 0.480 e. The molecule has 0 aromatic carbocycles. The highest BCUT2D eigenvalue weighted by Gasteiger charge is 2.31. The molecule has 0 bridgehead atoms. The lowest BCUT2D eigenvalue weighted by Gasteiger charge is -2.31. The summed E-state index contributed by atoms with van der Waals surface area (Å²) in [6.07, 6.45) is 2.34. The van der Waals surface area contributed by atoms with Gasteiger partial charge in [-0.15, -0.1) is 0 Å². The third kappa shape index (κ3) is 6.29. The van der Waals surface area contributed by atoms with E-state index in [0.29, 0.717) is 13.1 Å². The Morgan fingerprint density at radius 1 is 1.38 bits per heavy atom. The number of sulfone groups is 1. The van der Waals surface area contributed by atoms with Gasteiger partial charge >= 0.3 is 5.97 Å². The number of nitrogens with zero attached hydrogens (tertiary/aromatic N) is 1. The summed E-state index contributed by atoms with van der Waals surface area (Å²) in [5, 5.41) is 9.04. The van der Waals surface area contributed by atoms with E-state index < -0.39 is 32.1 Å². The van der Waals surface area contributed by atoms with E-state index in [1.165, 1.54) is 4.31 Å². The topological polar surface area (TPSA) is 121 Å². The van der Waals surface area contributed by atoms with Gasteiger partial charge in [0.2, 0.25) is 0 Å². The molecule has 0 aliphatic carbocycles. The molecule has 1 heterocycles. The van der Waals surface area contributed by atoms with Crippen molar-refractivity contribution in [1.82, 2.24) is 9.03 Å². The first kappa shape index (κ1) is 18.3. The van der Waals surface area contributed by atoms with Gasteiger partial charge in [-0.3, -0.25) is 4.79 Å². The number of carboxylic acid groups (broad SMARTS) is 1. The van der Waals surface area contributed by atoms with Crippen LogP contribution in [0.3, 0.4) is 0 Å². The van der Waals surface area contributed by atoms with E-state index in [4.69, 9.17) is 5.11 Å². The van der Waals surface area contributed by atoms with E-state index in [2.05, 4.69) is 4.72 Å². The van der Waals surface area contributed by atoms with Crippen LogP contribution < -0.4 is 4.72 Å². The summed E-state index contributed by atoms with van der Waals surface area (Å²) < 4.78 is 49.8. The first-order valence-electron chi connectivity index (χ1n) is 6.69. The van der Waals surface area contributed by atoms with Crippen LogP contribution in [0.5, 0.6) is 0 Å². The minimum absolute atomic E-state index is 0.217. The molecule has 1 aliphatic heterocycles. The van der Waals surface area contributed by atoms with Crippen molar-refractivity contribution in [1.29, 1.82) is 0 Å². The quantitative estimate of drug-likeness (QED) is 0.640. The summed E-state index contributed by atoms with van der Waals surface area (Å²) >= 11 is 0. The molecular formula is C11H22N2O6S2. The molecule has 0 aromatic rings. The summed E-state index contributed by atoms with van der Waals surface area (Å²) in [6.45, 7) is 2.62. The second kappa shape index (κ2) is 7.03. The molecule has 1 aliphatic rings. The van der Waals surface area contributed by atoms with Crippen LogP contribution in [0.1, 0.15) is 26.2 Å². The molecule has 21 heavy (non-hydrogen) atoms. The van der Waals surface area contributed by atoms with Crippen molar-refractivity contribution in [2.24, 2.45) is 5.92 Å². The van der Waals surface area contributed by atoms with Crippen molar-refractivity contribution in [3.63, 3.8) is 0 Å². The minimum Gasteiger partial charge on any atom is -0.480 e. The number of nitrogens with one attached hydrogen (secondary N) is 1. The van der Waals surface area contributed by atoms with Gasteiger partial charge in [-0.2, -0.15) is 17.4 Å². The number of carbonyl (C=O) groups is 1. The standard InChI is InChI=1S/C11H22N2O6S2/c1-9-4-3-6-13(8-9)21(18,19)12-10(11(14)15)5-7-20(2,16)17/h9-10,12H,3-8H2,1-2H3,(H,14,15). The van der Waals surface area contributed by atoms with E-state index in [-0.39, 0.29) is 18.1 Å². The summed E-state index contributed by atoms with van der Waals surface area (Å²) in [5.41, 5.74) is 0. The Kier molecular flexibility index (Phi) is 6.14. The van der Waals surface area contributed by atoms with Crippen molar-refractivity contribution >= 4 is 26.0 Å². The molecule has 0 spiro atoms. The maximum absolute atomic E-state index is 12.2. The molecule has 2 N–H and O–H groups in total. The Bertz CT molecular complexity index is 572. The SMILES string of the molecule is CC1CCCN(S(=O)(=O)NC(CCS(C)(=O)=O)C(=O)O)C1. The number of hydrogen-bond donors (Lipinski definition) is 2. The van der Waals surface area contributed by atoms with Crippen LogP contribution in [0, 0.1) is 5.92 Å². The maximum Gasteiger partial charge on any atom is 0.321 e. The van der Waals surface area contributed by atoms with Crippen LogP contribution in [0.15, 0.2) is 0 Å². The van der Waals surface area contributed by atoms with E-state index in [9.17, 15) is 21.6 Å². The van der Waals surface area contributed by atoms with Gasteiger partial charge in [-0.25, -0.2) is 8.42 Å². The first-order valence-corrected chi connectivity index (χ1v) is 10.2. The Balaban J connectivity index is 2.75. The van der Waals surface area contributed by atoms with Crippen molar-refractivity contribution in [3.05, 3.63) is 0 Å². The smallest absolute Gasteiger partial charge is 0.321 e. The molecule has 1 fully saturated rings. The van der Waals surface area contributed by atoms with E-state index in [1.807, 2.05) is 6.92 Å². The van der Waals surface area contributed by atoms with Gasteiger partial charge in [0.1, 0.15) is 15.9 Å². The van der Waals surface area contributed by atoms with Gasteiger partial charge < -0.3 is 5.11 Å². The van der Waals surface area contributed by atoms with Gasteiger partial charge in [-0.1, -0.05) is 6.92 Å². The van der Waals surface area contributed by atoms with Gasteiger partial charge in [0.25, 0.3) is 10.2 Å². The van der Waals surface area contributed by atoms with Gasteiger partial charge in [0.05, 0.1) is 5.75 Å². The van der Waals surface area contributed by atoms with Crippen LogP contribution in [0.25, 0.3) is 0 Å². The number of piperidine rings is 1. The molecule has 2 atom stereocenters. The summed E-state index contributed by atoms with van der Waals surface area (Å²) in [6, 6.07) is -1.44. The van der Waals surface area contributed by atoms with Crippen molar-refractivity contribution < 1.29 is 26.7 Å². The Morgan fingerprint density at radius 3 is 2.48 bits per heavy atom. The lowest BCUT2D eigenvalue weighted by atomic mass is 10.0. The third-order valence-corrected chi connectivity index (χ3v) is 5.90. The second-order valence-electron chi connectivity index (χ2n) is 5.54. The van der Waals surface area contributed by atoms with Gasteiger partial charge in [0.15, 0.2) is 0 Å². The van der Waals surface area contributed by atoms with Gasteiger partial charge in [0, 0.05) is 19.3 Å². The van der Waals surface area contributed by atoms with Crippen LogP contribution >= 0.6 is 0 Å². The molecule has 10 heteroatoms. The zero-order chi connectivity index (χ0) is 16.3. The lowest BCUT2D eigenvalue weighted by molar-refractivity contribution is -0.139. The molecule has 0 aromatic heterocycles. The summed E-state index contributed by atoms with van der Waals surface area (Å²) in [5.74, 6) is -1.55. The number of aliphatic carboxylic acids is 1. The monoisotopic (exact) mass is 342 g/mol. The summed E-state index contributed by atoms with van der Waals surface area (Å²) in [7, 11) is -7.27.